The van der Waals surface area contributed by atoms with Crippen molar-refractivity contribution in [2.75, 3.05) is 38.1 Å². The van der Waals surface area contributed by atoms with E-state index in [2.05, 4.69) is 33.1 Å². The molecule has 1 unspecified atom stereocenters. The van der Waals surface area contributed by atoms with Crippen LogP contribution in [-0.4, -0.2) is 49.2 Å². The van der Waals surface area contributed by atoms with Crippen molar-refractivity contribution in [3.8, 4) is 0 Å². The van der Waals surface area contributed by atoms with E-state index in [-0.39, 0.29) is 0 Å². The van der Waals surface area contributed by atoms with Crippen LogP contribution in [0.2, 0.25) is 0 Å². The number of fused-ring (bicyclic) bond motifs is 1. The van der Waals surface area contributed by atoms with Gasteiger partial charge in [0.15, 0.2) is 0 Å². The lowest BCUT2D eigenvalue weighted by Crippen LogP contribution is -2.50. The third-order valence-corrected chi connectivity index (χ3v) is 4.39. The van der Waals surface area contributed by atoms with Gasteiger partial charge in [0.1, 0.15) is 0 Å². The average molecular weight is 260 g/mol. The molecule has 19 heavy (non-hydrogen) atoms. The first-order valence-corrected chi connectivity index (χ1v) is 7.37. The number of aromatic nitrogens is 1. The molecule has 2 aliphatic heterocycles. The molecule has 1 aromatic heterocycles. The van der Waals surface area contributed by atoms with E-state index in [9.17, 15) is 0 Å². The van der Waals surface area contributed by atoms with Gasteiger partial charge in [-0.3, -0.25) is 9.88 Å². The van der Waals surface area contributed by atoms with Crippen molar-refractivity contribution in [3.63, 3.8) is 0 Å². The summed E-state index contributed by atoms with van der Waals surface area (Å²) in [5.41, 5.74) is 3.82. The molecule has 0 bridgehead atoms. The molecule has 0 radical (unpaired) electrons. The fourth-order valence-corrected chi connectivity index (χ4v) is 3.40. The Hall–Kier alpha value is -1.13. The summed E-state index contributed by atoms with van der Waals surface area (Å²) >= 11 is 0. The van der Waals surface area contributed by atoms with Crippen LogP contribution in [0.1, 0.15) is 24.1 Å². The van der Waals surface area contributed by atoms with E-state index in [4.69, 9.17) is 0 Å². The minimum Gasteiger partial charge on any atom is -0.368 e. The zero-order chi connectivity index (χ0) is 13.2. The molecule has 3 rings (SSSR count). The Balaban J connectivity index is 1.82. The summed E-state index contributed by atoms with van der Waals surface area (Å²) < 4.78 is 0. The lowest BCUT2D eigenvalue weighted by Gasteiger charge is -2.39. The van der Waals surface area contributed by atoms with Crippen molar-refractivity contribution in [1.29, 1.82) is 0 Å². The number of hydrogen-bond donors (Lipinski definition) is 1. The maximum atomic E-state index is 4.44. The highest BCUT2D eigenvalue weighted by Crippen LogP contribution is 2.27. The first-order valence-electron chi connectivity index (χ1n) is 7.37. The molecule has 4 heteroatoms. The third kappa shape index (κ3) is 2.60. The normalized spacial score (nSPS) is 23.7. The van der Waals surface area contributed by atoms with Gasteiger partial charge in [-0.15, -0.1) is 0 Å². The number of nitrogens with zero attached hydrogens (tertiary/aromatic N) is 3. The second kappa shape index (κ2) is 5.47. The van der Waals surface area contributed by atoms with Crippen molar-refractivity contribution < 1.29 is 0 Å². The summed E-state index contributed by atoms with van der Waals surface area (Å²) in [6.45, 7) is 7.82. The molecule has 4 nitrogen and oxygen atoms in total. The monoisotopic (exact) mass is 260 g/mol. The van der Waals surface area contributed by atoms with Crippen LogP contribution < -0.4 is 10.2 Å². The molecule has 2 aliphatic rings. The van der Waals surface area contributed by atoms with Gasteiger partial charge >= 0.3 is 0 Å². The van der Waals surface area contributed by atoms with Gasteiger partial charge in [-0.05, 0) is 39.4 Å². The van der Waals surface area contributed by atoms with E-state index in [0.29, 0.717) is 0 Å². The topological polar surface area (TPSA) is 31.4 Å². The predicted octanol–water partition coefficient (Wildman–Crippen LogP) is 1.39. The Bertz CT molecular complexity index is 446. The SMILES string of the molecule is CNCc1cnc(C)cc1N1CCN2CCCC2C1. The van der Waals surface area contributed by atoms with Crippen molar-refractivity contribution in [3.05, 3.63) is 23.5 Å². The Labute approximate surface area is 115 Å². The van der Waals surface area contributed by atoms with Gasteiger partial charge < -0.3 is 10.2 Å². The van der Waals surface area contributed by atoms with E-state index >= 15 is 0 Å². The van der Waals surface area contributed by atoms with E-state index in [1.165, 1.54) is 43.7 Å². The largest absolute Gasteiger partial charge is 0.368 e. The van der Waals surface area contributed by atoms with Gasteiger partial charge in [0.2, 0.25) is 0 Å². The number of piperazine rings is 1. The lowest BCUT2D eigenvalue weighted by molar-refractivity contribution is 0.231. The molecule has 1 N–H and O–H groups in total. The molecule has 2 saturated heterocycles. The first kappa shape index (κ1) is 12.9. The zero-order valence-corrected chi connectivity index (χ0v) is 12.0. The van der Waals surface area contributed by atoms with Crippen LogP contribution in [0.15, 0.2) is 12.3 Å². The van der Waals surface area contributed by atoms with Gasteiger partial charge in [0.25, 0.3) is 0 Å². The van der Waals surface area contributed by atoms with E-state index < -0.39 is 0 Å². The Morgan fingerprint density at radius 2 is 2.26 bits per heavy atom. The highest BCUT2D eigenvalue weighted by molar-refractivity contribution is 5.54. The Morgan fingerprint density at radius 1 is 1.37 bits per heavy atom. The minimum atomic E-state index is 0.768. The highest BCUT2D eigenvalue weighted by Gasteiger charge is 2.31. The van der Waals surface area contributed by atoms with E-state index in [0.717, 1.165) is 24.8 Å². The molecule has 1 aromatic rings. The van der Waals surface area contributed by atoms with Crippen molar-refractivity contribution in [2.45, 2.75) is 32.4 Å². The molecule has 0 spiro atoms. The van der Waals surface area contributed by atoms with Crippen molar-refractivity contribution >= 4 is 5.69 Å². The van der Waals surface area contributed by atoms with Crippen LogP contribution in [0.4, 0.5) is 5.69 Å². The Kier molecular flexibility index (Phi) is 3.71. The summed E-state index contributed by atoms with van der Waals surface area (Å²) in [5.74, 6) is 0. The number of hydrogen-bond acceptors (Lipinski definition) is 4. The number of anilines is 1. The number of rotatable bonds is 3. The van der Waals surface area contributed by atoms with Crippen LogP contribution in [0.25, 0.3) is 0 Å². The van der Waals surface area contributed by atoms with Gasteiger partial charge in [-0.2, -0.15) is 0 Å². The predicted molar refractivity (Wildman–Crippen MR) is 78.5 cm³/mol. The van der Waals surface area contributed by atoms with E-state index in [1.807, 2.05) is 13.2 Å². The zero-order valence-electron chi connectivity index (χ0n) is 12.0. The molecule has 0 aromatic carbocycles. The summed E-state index contributed by atoms with van der Waals surface area (Å²) in [6.07, 6.45) is 4.77. The number of aryl methyl sites for hydroxylation is 1. The van der Waals surface area contributed by atoms with Crippen LogP contribution >= 0.6 is 0 Å². The molecular weight excluding hydrogens is 236 g/mol. The van der Waals surface area contributed by atoms with Gasteiger partial charge in [0.05, 0.1) is 0 Å². The maximum Gasteiger partial charge on any atom is 0.0446 e. The molecule has 1 atom stereocenters. The third-order valence-electron chi connectivity index (χ3n) is 4.39. The van der Waals surface area contributed by atoms with Crippen LogP contribution in [0.3, 0.4) is 0 Å². The molecular formula is C15H24N4. The molecule has 0 saturated carbocycles. The second-order valence-electron chi connectivity index (χ2n) is 5.76. The minimum absolute atomic E-state index is 0.768. The fraction of sp³-hybridized carbons (Fsp3) is 0.667. The standard InChI is InChI=1S/C15H24N4/c1-12-8-15(13(9-16-2)10-17-12)19-7-6-18-5-3-4-14(18)11-19/h8,10,14,16H,3-7,9,11H2,1-2H3. The van der Waals surface area contributed by atoms with Gasteiger partial charge in [0, 0.05) is 55.4 Å². The maximum absolute atomic E-state index is 4.44. The quantitative estimate of drug-likeness (QED) is 0.890. The molecule has 0 aliphatic carbocycles. The Morgan fingerprint density at radius 3 is 3.11 bits per heavy atom. The van der Waals surface area contributed by atoms with Crippen LogP contribution in [0, 0.1) is 6.92 Å². The highest BCUT2D eigenvalue weighted by atomic mass is 15.3. The lowest BCUT2D eigenvalue weighted by atomic mass is 10.1. The summed E-state index contributed by atoms with van der Waals surface area (Å²) in [6, 6.07) is 3.02. The summed E-state index contributed by atoms with van der Waals surface area (Å²) in [5, 5.41) is 3.25. The van der Waals surface area contributed by atoms with Crippen molar-refractivity contribution in [1.82, 2.24) is 15.2 Å². The van der Waals surface area contributed by atoms with Crippen LogP contribution in [-0.2, 0) is 6.54 Å². The smallest absolute Gasteiger partial charge is 0.0446 e. The molecule has 2 fully saturated rings. The van der Waals surface area contributed by atoms with Gasteiger partial charge in [-0.25, -0.2) is 0 Å². The van der Waals surface area contributed by atoms with E-state index in [1.54, 1.807) is 0 Å². The number of nitrogens with one attached hydrogen (secondary N) is 1. The average Bonchev–Trinajstić information content (AvgIpc) is 2.88. The summed E-state index contributed by atoms with van der Waals surface area (Å²) in [4.78, 5) is 9.66. The number of pyridine rings is 1. The molecule has 3 heterocycles. The first-order chi connectivity index (χ1) is 9.28. The van der Waals surface area contributed by atoms with Crippen LogP contribution in [0.5, 0.6) is 0 Å². The van der Waals surface area contributed by atoms with Gasteiger partial charge in [-0.1, -0.05) is 0 Å². The molecule has 0 amide bonds. The second-order valence-corrected chi connectivity index (χ2v) is 5.76. The summed E-state index contributed by atoms with van der Waals surface area (Å²) in [7, 11) is 2.00. The molecule has 104 valence electrons. The van der Waals surface area contributed by atoms with Crippen molar-refractivity contribution in [2.24, 2.45) is 0 Å². The fourth-order valence-electron chi connectivity index (χ4n) is 3.40.